The van der Waals surface area contributed by atoms with Gasteiger partial charge < -0.3 is 10.6 Å². The van der Waals surface area contributed by atoms with Crippen molar-refractivity contribution in [1.82, 2.24) is 10.0 Å². The first-order valence-corrected chi connectivity index (χ1v) is 7.82. The summed E-state index contributed by atoms with van der Waals surface area (Å²) in [7, 11) is -3.16. The van der Waals surface area contributed by atoms with Crippen LogP contribution in [-0.2, 0) is 10.0 Å². The summed E-state index contributed by atoms with van der Waals surface area (Å²) in [6.45, 7) is 2.68. The lowest BCUT2D eigenvalue weighted by Crippen LogP contribution is -2.32. The first-order chi connectivity index (χ1) is 8.87. The van der Waals surface area contributed by atoms with E-state index in [1.54, 1.807) is 0 Å². The largest absolute Gasteiger partial charge is 0.338 e. The molecule has 1 aromatic carbocycles. The SMILES string of the molecule is Cc1ccc(NC(=O)NCCCNS(C)(=O)=O)cc1. The van der Waals surface area contributed by atoms with E-state index in [4.69, 9.17) is 0 Å². The highest BCUT2D eigenvalue weighted by Crippen LogP contribution is 2.07. The molecule has 0 saturated carbocycles. The first-order valence-electron chi connectivity index (χ1n) is 5.93. The van der Waals surface area contributed by atoms with Crippen molar-refractivity contribution in [2.45, 2.75) is 13.3 Å². The first kappa shape index (κ1) is 15.5. The van der Waals surface area contributed by atoms with E-state index in [2.05, 4.69) is 15.4 Å². The number of anilines is 1. The van der Waals surface area contributed by atoms with Crippen molar-refractivity contribution in [1.29, 1.82) is 0 Å². The van der Waals surface area contributed by atoms with E-state index >= 15 is 0 Å². The number of hydrogen-bond donors (Lipinski definition) is 3. The molecule has 1 rings (SSSR count). The van der Waals surface area contributed by atoms with Crippen LogP contribution in [0.25, 0.3) is 0 Å². The predicted octanol–water partition coefficient (Wildman–Crippen LogP) is 1.06. The Bertz CT molecular complexity index is 512. The quantitative estimate of drug-likeness (QED) is 0.683. The zero-order chi connectivity index (χ0) is 14.3. The van der Waals surface area contributed by atoms with Gasteiger partial charge in [0.25, 0.3) is 0 Å². The molecule has 0 fully saturated rings. The monoisotopic (exact) mass is 285 g/mol. The fourth-order valence-corrected chi connectivity index (χ4v) is 1.88. The molecule has 0 aliphatic heterocycles. The van der Waals surface area contributed by atoms with Crippen LogP contribution in [0.3, 0.4) is 0 Å². The number of rotatable bonds is 6. The molecule has 6 nitrogen and oxygen atoms in total. The molecule has 0 aliphatic carbocycles. The summed E-state index contributed by atoms with van der Waals surface area (Å²) in [6.07, 6.45) is 1.64. The molecule has 0 spiro atoms. The van der Waals surface area contributed by atoms with Crippen molar-refractivity contribution in [3.63, 3.8) is 0 Å². The molecule has 2 amide bonds. The van der Waals surface area contributed by atoms with Crippen LogP contribution in [0.5, 0.6) is 0 Å². The van der Waals surface area contributed by atoms with E-state index < -0.39 is 10.0 Å². The Morgan fingerprint density at radius 1 is 1.16 bits per heavy atom. The topological polar surface area (TPSA) is 87.3 Å². The van der Waals surface area contributed by atoms with E-state index in [1.807, 2.05) is 31.2 Å². The van der Waals surface area contributed by atoms with Crippen LogP contribution < -0.4 is 15.4 Å². The Kier molecular flexibility index (Phi) is 5.78. The molecule has 0 aromatic heterocycles. The lowest BCUT2D eigenvalue weighted by molar-refractivity contribution is 0.252. The Morgan fingerprint density at radius 3 is 2.37 bits per heavy atom. The van der Waals surface area contributed by atoms with Crippen LogP contribution in [0, 0.1) is 6.92 Å². The Morgan fingerprint density at radius 2 is 1.79 bits per heavy atom. The van der Waals surface area contributed by atoms with Gasteiger partial charge in [-0.25, -0.2) is 17.9 Å². The van der Waals surface area contributed by atoms with Crippen LogP contribution in [-0.4, -0.2) is 33.8 Å². The number of urea groups is 1. The van der Waals surface area contributed by atoms with Crippen molar-refractivity contribution >= 4 is 21.7 Å². The van der Waals surface area contributed by atoms with Gasteiger partial charge in [0, 0.05) is 18.8 Å². The van der Waals surface area contributed by atoms with E-state index in [0.29, 0.717) is 19.5 Å². The van der Waals surface area contributed by atoms with Crippen molar-refractivity contribution in [2.75, 3.05) is 24.7 Å². The van der Waals surface area contributed by atoms with Gasteiger partial charge in [-0.05, 0) is 25.5 Å². The van der Waals surface area contributed by atoms with E-state index in [9.17, 15) is 13.2 Å². The number of hydrogen-bond acceptors (Lipinski definition) is 3. The van der Waals surface area contributed by atoms with Crippen LogP contribution in [0.1, 0.15) is 12.0 Å². The summed E-state index contributed by atoms with van der Waals surface area (Å²) >= 11 is 0. The Balaban J connectivity index is 2.20. The summed E-state index contributed by atoms with van der Waals surface area (Å²) in [4.78, 5) is 11.5. The van der Waals surface area contributed by atoms with Crippen LogP contribution >= 0.6 is 0 Å². The minimum atomic E-state index is -3.16. The highest BCUT2D eigenvalue weighted by atomic mass is 32.2. The van der Waals surface area contributed by atoms with Gasteiger partial charge >= 0.3 is 6.03 Å². The minimum absolute atomic E-state index is 0.303. The smallest absolute Gasteiger partial charge is 0.319 e. The van der Waals surface area contributed by atoms with Crippen LogP contribution in [0.4, 0.5) is 10.5 Å². The third-order valence-electron chi connectivity index (χ3n) is 2.31. The summed E-state index contributed by atoms with van der Waals surface area (Å²) in [6, 6.07) is 7.15. The van der Waals surface area contributed by atoms with E-state index in [0.717, 1.165) is 17.5 Å². The second-order valence-corrected chi connectivity index (χ2v) is 6.10. The molecular weight excluding hydrogens is 266 g/mol. The van der Waals surface area contributed by atoms with Crippen molar-refractivity contribution in [3.05, 3.63) is 29.8 Å². The maximum Gasteiger partial charge on any atom is 0.319 e. The van der Waals surface area contributed by atoms with Gasteiger partial charge in [-0.2, -0.15) is 0 Å². The van der Waals surface area contributed by atoms with Crippen LogP contribution in [0.15, 0.2) is 24.3 Å². The molecular formula is C12H19N3O3S. The lowest BCUT2D eigenvalue weighted by Gasteiger charge is -2.08. The highest BCUT2D eigenvalue weighted by molar-refractivity contribution is 7.88. The lowest BCUT2D eigenvalue weighted by atomic mass is 10.2. The van der Waals surface area contributed by atoms with Crippen molar-refractivity contribution in [3.8, 4) is 0 Å². The Hall–Kier alpha value is -1.60. The molecule has 3 N–H and O–H groups in total. The molecule has 0 unspecified atom stereocenters. The molecule has 106 valence electrons. The molecule has 0 aliphatic rings. The average Bonchev–Trinajstić information content (AvgIpc) is 2.30. The van der Waals surface area contributed by atoms with Crippen LogP contribution in [0.2, 0.25) is 0 Å². The zero-order valence-electron chi connectivity index (χ0n) is 11.1. The van der Waals surface area contributed by atoms with Gasteiger partial charge in [-0.15, -0.1) is 0 Å². The summed E-state index contributed by atoms with van der Waals surface area (Å²) in [5.41, 5.74) is 1.84. The molecule has 0 heterocycles. The second kappa shape index (κ2) is 7.10. The minimum Gasteiger partial charge on any atom is -0.338 e. The van der Waals surface area contributed by atoms with Crippen molar-refractivity contribution < 1.29 is 13.2 Å². The number of nitrogens with one attached hydrogen (secondary N) is 3. The van der Waals surface area contributed by atoms with Gasteiger partial charge in [0.05, 0.1) is 6.26 Å². The van der Waals surface area contributed by atoms with Gasteiger partial charge in [0.2, 0.25) is 10.0 Å². The fraction of sp³-hybridized carbons (Fsp3) is 0.417. The number of aryl methyl sites for hydroxylation is 1. The molecule has 7 heteroatoms. The molecule has 19 heavy (non-hydrogen) atoms. The number of benzene rings is 1. The van der Waals surface area contributed by atoms with Gasteiger partial charge in [0.1, 0.15) is 0 Å². The molecule has 0 atom stereocenters. The van der Waals surface area contributed by atoms with Crippen molar-refractivity contribution in [2.24, 2.45) is 0 Å². The number of sulfonamides is 1. The number of amides is 2. The normalized spacial score (nSPS) is 11.1. The highest BCUT2D eigenvalue weighted by Gasteiger charge is 2.02. The summed E-state index contributed by atoms with van der Waals surface area (Å²) in [5, 5.41) is 5.33. The third kappa shape index (κ3) is 7.43. The van der Waals surface area contributed by atoms with Gasteiger partial charge in [-0.3, -0.25) is 0 Å². The molecule has 0 radical (unpaired) electrons. The number of carbonyl (C=O) groups is 1. The van der Waals surface area contributed by atoms with Gasteiger partial charge in [0.15, 0.2) is 0 Å². The molecule has 0 saturated heterocycles. The van der Waals surface area contributed by atoms with E-state index in [-0.39, 0.29) is 6.03 Å². The standard InChI is InChI=1S/C12H19N3O3S/c1-10-4-6-11(7-5-10)15-12(16)13-8-3-9-14-19(2,17)18/h4-7,14H,3,8-9H2,1-2H3,(H2,13,15,16). The zero-order valence-corrected chi connectivity index (χ0v) is 11.9. The van der Waals surface area contributed by atoms with E-state index in [1.165, 1.54) is 0 Å². The maximum atomic E-state index is 11.5. The third-order valence-corrected chi connectivity index (χ3v) is 3.04. The maximum absolute atomic E-state index is 11.5. The predicted molar refractivity (Wildman–Crippen MR) is 75.7 cm³/mol. The molecule has 1 aromatic rings. The number of carbonyl (C=O) groups excluding carboxylic acids is 1. The van der Waals surface area contributed by atoms with Gasteiger partial charge in [-0.1, -0.05) is 17.7 Å². The molecule has 0 bridgehead atoms. The second-order valence-electron chi connectivity index (χ2n) is 4.27. The summed E-state index contributed by atoms with van der Waals surface area (Å²) in [5.74, 6) is 0. The Labute approximate surface area is 113 Å². The average molecular weight is 285 g/mol. The summed E-state index contributed by atoms with van der Waals surface area (Å²) < 4.78 is 23.9. The fourth-order valence-electron chi connectivity index (χ4n) is 1.36.